The highest BCUT2D eigenvalue weighted by Crippen LogP contribution is 2.42. The molecule has 0 bridgehead atoms. The van der Waals surface area contributed by atoms with Gasteiger partial charge in [0.15, 0.2) is 11.5 Å². The first kappa shape index (κ1) is 21.0. The molecule has 162 valence electrons. The number of pyridine rings is 1. The lowest BCUT2D eigenvalue weighted by molar-refractivity contribution is -0.140. The fraction of sp³-hybridized carbons (Fsp3) is 0.125. The van der Waals surface area contributed by atoms with Crippen LogP contribution < -0.4 is 4.74 Å². The first-order chi connectivity index (χ1) is 15.4. The Labute approximate surface area is 183 Å². The number of ether oxygens (including phenoxy) is 1. The molecule has 2 aromatic carbocycles. The van der Waals surface area contributed by atoms with E-state index in [1.54, 1.807) is 30.6 Å². The molecule has 2 heterocycles. The Morgan fingerprint density at radius 3 is 2.56 bits per heavy atom. The van der Waals surface area contributed by atoms with Crippen LogP contribution in [-0.4, -0.2) is 38.9 Å². The number of hydrogen-bond acceptors (Lipinski definition) is 6. The van der Waals surface area contributed by atoms with E-state index in [0.29, 0.717) is 11.1 Å². The number of carbonyl (C=O) groups is 2. The number of carbonyl (C=O) groups excluding carboxylic acids is 2. The number of hydrogen-bond donors (Lipinski definition) is 2. The van der Waals surface area contributed by atoms with Gasteiger partial charge in [0.25, 0.3) is 11.7 Å². The van der Waals surface area contributed by atoms with Gasteiger partial charge in [-0.05, 0) is 53.6 Å². The van der Waals surface area contributed by atoms with Crippen molar-refractivity contribution in [3.8, 4) is 11.5 Å². The maximum Gasteiger partial charge on any atom is 0.295 e. The van der Waals surface area contributed by atoms with Crippen LogP contribution >= 0.6 is 0 Å². The van der Waals surface area contributed by atoms with Crippen LogP contribution in [0.4, 0.5) is 4.39 Å². The second kappa shape index (κ2) is 8.50. The molecule has 1 saturated heterocycles. The minimum Gasteiger partial charge on any atom is -0.507 e. The molecule has 1 aromatic heterocycles. The molecule has 32 heavy (non-hydrogen) atoms. The average molecular weight is 434 g/mol. The zero-order valence-corrected chi connectivity index (χ0v) is 17.0. The van der Waals surface area contributed by atoms with Crippen LogP contribution in [0.3, 0.4) is 0 Å². The molecule has 1 unspecified atom stereocenters. The number of aromatic hydroxyl groups is 1. The van der Waals surface area contributed by atoms with E-state index in [4.69, 9.17) is 4.74 Å². The van der Waals surface area contributed by atoms with E-state index >= 15 is 0 Å². The van der Waals surface area contributed by atoms with Gasteiger partial charge in [0.05, 0.1) is 18.7 Å². The molecule has 7 nitrogen and oxygen atoms in total. The summed E-state index contributed by atoms with van der Waals surface area (Å²) in [6.45, 7) is 0.0620. The predicted molar refractivity (Wildman–Crippen MR) is 113 cm³/mol. The van der Waals surface area contributed by atoms with Crippen LogP contribution in [0.15, 0.2) is 72.6 Å². The molecule has 1 aliphatic rings. The highest BCUT2D eigenvalue weighted by molar-refractivity contribution is 6.46. The molecule has 1 atom stereocenters. The van der Waals surface area contributed by atoms with Gasteiger partial charge in [0.1, 0.15) is 11.6 Å². The number of benzene rings is 2. The second-order valence-electron chi connectivity index (χ2n) is 7.23. The summed E-state index contributed by atoms with van der Waals surface area (Å²) in [5, 5.41) is 20.9. The third kappa shape index (κ3) is 3.78. The molecule has 2 N–H and O–H groups in total. The van der Waals surface area contributed by atoms with Crippen molar-refractivity contribution in [3.63, 3.8) is 0 Å². The highest BCUT2D eigenvalue weighted by Gasteiger charge is 2.46. The predicted octanol–water partition coefficient (Wildman–Crippen LogP) is 3.56. The number of phenols is 1. The standard InChI is InChI=1S/C24H19FN2O5/c1-32-19-11-16(6-9-18(19)28)21-20(22(29)15-4-7-17(25)8-5-15)23(30)24(31)27(21)13-14-3-2-10-26-12-14/h2-12,21,28-29H,13H2,1H3/b22-20+. The Morgan fingerprint density at radius 2 is 1.91 bits per heavy atom. The van der Waals surface area contributed by atoms with E-state index in [2.05, 4.69) is 4.98 Å². The molecule has 4 rings (SSSR count). The first-order valence-electron chi connectivity index (χ1n) is 9.71. The normalized spacial score (nSPS) is 17.6. The van der Waals surface area contributed by atoms with Crippen LogP contribution in [-0.2, 0) is 16.1 Å². The number of aliphatic hydroxyl groups excluding tert-OH is 1. The van der Waals surface area contributed by atoms with Crippen LogP contribution in [0.2, 0.25) is 0 Å². The summed E-state index contributed by atoms with van der Waals surface area (Å²) < 4.78 is 18.5. The quantitative estimate of drug-likeness (QED) is 0.362. The van der Waals surface area contributed by atoms with Crippen molar-refractivity contribution in [3.05, 3.63) is 95.1 Å². The molecule has 1 amide bonds. The largest absolute Gasteiger partial charge is 0.507 e. The summed E-state index contributed by atoms with van der Waals surface area (Å²) >= 11 is 0. The Hall–Kier alpha value is -4.20. The maximum atomic E-state index is 13.4. The topological polar surface area (TPSA) is 100.0 Å². The van der Waals surface area contributed by atoms with Crippen LogP contribution in [0.25, 0.3) is 5.76 Å². The molecule has 0 aliphatic carbocycles. The fourth-order valence-electron chi connectivity index (χ4n) is 3.71. The van der Waals surface area contributed by atoms with Gasteiger partial charge in [0, 0.05) is 24.5 Å². The smallest absolute Gasteiger partial charge is 0.295 e. The first-order valence-corrected chi connectivity index (χ1v) is 9.71. The average Bonchev–Trinajstić information content (AvgIpc) is 3.05. The molecule has 8 heteroatoms. The van der Waals surface area contributed by atoms with Crippen molar-refractivity contribution < 1.29 is 28.9 Å². The number of halogens is 1. The number of aromatic nitrogens is 1. The summed E-state index contributed by atoms with van der Waals surface area (Å²) in [6, 6.07) is 11.9. The minimum absolute atomic E-state index is 0.0620. The van der Waals surface area contributed by atoms with Gasteiger partial charge in [-0.2, -0.15) is 0 Å². The molecule has 0 radical (unpaired) electrons. The van der Waals surface area contributed by atoms with E-state index in [9.17, 15) is 24.2 Å². The highest BCUT2D eigenvalue weighted by atomic mass is 19.1. The Balaban J connectivity index is 1.89. The summed E-state index contributed by atoms with van der Waals surface area (Å²) in [4.78, 5) is 31.4. The summed E-state index contributed by atoms with van der Waals surface area (Å²) in [7, 11) is 1.38. The van der Waals surface area contributed by atoms with Gasteiger partial charge in [-0.15, -0.1) is 0 Å². The number of rotatable bonds is 5. The zero-order chi connectivity index (χ0) is 22.8. The van der Waals surface area contributed by atoms with Gasteiger partial charge in [0.2, 0.25) is 0 Å². The molecular formula is C24H19FN2O5. The van der Waals surface area contributed by atoms with E-state index in [1.807, 2.05) is 0 Å². The van der Waals surface area contributed by atoms with Crippen molar-refractivity contribution in [2.45, 2.75) is 12.6 Å². The number of phenolic OH excluding ortho intramolecular Hbond substituents is 1. The summed E-state index contributed by atoms with van der Waals surface area (Å²) in [5.41, 5.74) is 1.19. The third-order valence-corrected chi connectivity index (χ3v) is 5.25. The molecule has 1 fully saturated rings. The number of likely N-dealkylation sites (tertiary alicyclic amines) is 1. The number of Topliss-reactive ketones (excluding diaryl/α,β-unsaturated/α-hetero) is 1. The number of amides is 1. The molecule has 1 aliphatic heterocycles. The van der Waals surface area contributed by atoms with Crippen molar-refractivity contribution in [2.24, 2.45) is 0 Å². The van der Waals surface area contributed by atoms with Gasteiger partial charge in [-0.1, -0.05) is 12.1 Å². The molecular weight excluding hydrogens is 415 g/mol. The third-order valence-electron chi connectivity index (χ3n) is 5.25. The monoisotopic (exact) mass is 434 g/mol. The lowest BCUT2D eigenvalue weighted by atomic mass is 9.95. The molecule has 3 aromatic rings. The van der Waals surface area contributed by atoms with Crippen molar-refractivity contribution in [1.82, 2.24) is 9.88 Å². The number of ketones is 1. The van der Waals surface area contributed by atoms with Crippen LogP contribution in [0, 0.1) is 5.82 Å². The van der Waals surface area contributed by atoms with E-state index in [1.165, 1.54) is 36.3 Å². The lowest BCUT2D eigenvalue weighted by Crippen LogP contribution is -2.29. The van der Waals surface area contributed by atoms with E-state index in [-0.39, 0.29) is 29.2 Å². The second-order valence-corrected chi connectivity index (χ2v) is 7.23. The van der Waals surface area contributed by atoms with Gasteiger partial charge in [-0.3, -0.25) is 14.6 Å². The van der Waals surface area contributed by atoms with Crippen LogP contribution in [0.1, 0.15) is 22.7 Å². The summed E-state index contributed by atoms with van der Waals surface area (Å²) in [5.74, 6) is -2.55. The van der Waals surface area contributed by atoms with E-state index < -0.39 is 29.3 Å². The molecule has 0 saturated carbocycles. The lowest BCUT2D eigenvalue weighted by Gasteiger charge is -2.25. The van der Waals surface area contributed by atoms with Gasteiger partial charge < -0.3 is 19.8 Å². The van der Waals surface area contributed by atoms with Gasteiger partial charge >= 0.3 is 0 Å². The Morgan fingerprint density at radius 1 is 1.16 bits per heavy atom. The van der Waals surface area contributed by atoms with Crippen molar-refractivity contribution in [2.75, 3.05) is 7.11 Å². The Bertz CT molecular complexity index is 1210. The fourth-order valence-corrected chi connectivity index (χ4v) is 3.71. The minimum atomic E-state index is -0.963. The van der Waals surface area contributed by atoms with E-state index in [0.717, 1.165) is 12.1 Å². The maximum absolute atomic E-state index is 13.4. The Kier molecular flexibility index (Phi) is 5.59. The summed E-state index contributed by atoms with van der Waals surface area (Å²) in [6.07, 6.45) is 3.17. The number of nitrogens with zero attached hydrogens (tertiary/aromatic N) is 2. The number of aliphatic hydroxyl groups is 1. The number of methoxy groups -OCH3 is 1. The van der Waals surface area contributed by atoms with Gasteiger partial charge in [-0.25, -0.2) is 4.39 Å². The zero-order valence-electron chi connectivity index (χ0n) is 17.0. The van der Waals surface area contributed by atoms with Crippen molar-refractivity contribution >= 4 is 17.4 Å². The molecule has 0 spiro atoms. The van der Waals surface area contributed by atoms with Crippen LogP contribution in [0.5, 0.6) is 11.5 Å². The van der Waals surface area contributed by atoms with Crippen molar-refractivity contribution in [1.29, 1.82) is 0 Å². The SMILES string of the molecule is COc1cc(C2/C(=C(\O)c3ccc(F)cc3)C(=O)C(=O)N2Cc2cccnc2)ccc1O.